The molecule has 0 saturated carbocycles. The molecular formula is C27H34N4O2. The third-order valence-electron chi connectivity index (χ3n) is 6.04. The second-order valence-electron chi connectivity index (χ2n) is 8.52. The fraction of sp³-hybridized carbons (Fsp3) is 0.370. The van der Waals surface area contributed by atoms with Crippen LogP contribution in [0.4, 0.5) is 0 Å². The zero-order valence-corrected chi connectivity index (χ0v) is 20.0. The van der Waals surface area contributed by atoms with Crippen molar-refractivity contribution >= 4 is 11.8 Å². The lowest BCUT2D eigenvalue weighted by molar-refractivity contribution is -0.122. The summed E-state index contributed by atoms with van der Waals surface area (Å²) in [6.07, 6.45) is 1.38. The molecule has 2 N–H and O–H groups in total. The molecule has 0 spiro atoms. The molecule has 2 atom stereocenters. The summed E-state index contributed by atoms with van der Waals surface area (Å²) < 4.78 is 1.88. The van der Waals surface area contributed by atoms with Crippen molar-refractivity contribution in [2.24, 2.45) is 0 Å². The highest BCUT2D eigenvalue weighted by atomic mass is 16.2. The van der Waals surface area contributed by atoms with Gasteiger partial charge in [0.25, 0.3) is 0 Å². The molecule has 0 aliphatic rings. The van der Waals surface area contributed by atoms with Crippen molar-refractivity contribution < 1.29 is 9.59 Å². The average Bonchev–Trinajstić information content (AvgIpc) is 3.09. The van der Waals surface area contributed by atoms with Crippen molar-refractivity contribution in [3.63, 3.8) is 0 Å². The Hall–Kier alpha value is -3.41. The molecule has 0 unspecified atom stereocenters. The molecule has 6 nitrogen and oxygen atoms in total. The van der Waals surface area contributed by atoms with Crippen LogP contribution in [-0.2, 0) is 22.6 Å². The van der Waals surface area contributed by atoms with Gasteiger partial charge in [-0.1, -0.05) is 60.7 Å². The van der Waals surface area contributed by atoms with E-state index < -0.39 is 0 Å². The molecule has 174 valence electrons. The highest BCUT2D eigenvalue weighted by Crippen LogP contribution is 2.17. The van der Waals surface area contributed by atoms with E-state index in [1.54, 1.807) is 0 Å². The van der Waals surface area contributed by atoms with Gasteiger partial charge in [0.05, 0.1) is 17.8 Å². The molecule has 33 heavy (non-hydrogen) atoms. The van der Waals surface area contributed by atoms with Crippen LogP contribution in [0.5, 0.6) is 0 Å². The van der Waals surface area contributed by atoms with Crippen LogP contribution in [0.15, 0.2) is 60.7 Å². The minimum atomic E-state index is -0.0356. The minimum absolute atomic E-state index is 0.00488. The zero-order valence-electron chi connectivity index (χ0n) is 20.0. The van der Waals surface area contributed by atoms with Gasteiger partial charge in [-0.15, -0.1) is 0 Å². The Morgan fingerprint density at radius 3 is 1.82 bits per heavy atom. The monoisotopic (exact) mass is 446 g/mol. The molecule has 1 heterocycles. The summed E-state index contributed by atoms with van der Waals surface area (Å²) in [7, 11) is 0. The number of hydrogen-bond acceptors (Lipinski definition) is 3. The summed E-state index contributed by atoms with van der Waals surface area (Å²) in [5.41, 5.74) is 5.18. The number of aryl methyl sites for hydroxylation is 2. The van der Waals surface area contributed by atoms with E-state index in [9.17, 15) is 9.59 Å². The molecule has 2 amide bonds. The molecule has 3 rings (SSSR count). The number of rotatable bonds is 10. The smallest absolute Gasteiger partial charge is 0.222 e. The van der Waals surface area contributed by atoms with Gasteiger partial charge in [0, 0.05) is 25.1 Å². The normalized spacial score (nSPS) is 12.7. The van der Waals surface area contributed by atoms with Crippen LogP contribution in [0.2, 0.25) is 0 Å². The Morgan fingerprint density at radius 2 is 1.30 bits per heavy atom. The molecular weight excluding hydrogens is 412 g/mol. The lowest BCUT2D eigenvalue weighted by Gasteiger charge is -2.15. The lowest BCUT2D eigenvalue weighted by Crippen LogP contribution is -2.27. The fourth-order valence-corrected chi connectivity index (χ4v) is 4.04. The van der Waals surface area contributed by atoms with Gasteiger partial charge in [0.15, 0.2) is 0 Å². The van der Waals surface area contributed by atoms with Crippen LogP contribution in [0.1, 0.15) is 66.9 Å². The topological polar surface area (TPSA) is 76.0 Å². The van der Waals surface area contributed by atoms with Crippen molar-refractivity contribution in [1.82, 2.24) is 20.4 Å². The maximum Gasteiger partial charge on any atom is 0.222 e. The number of hydrogen-bond donors (Lipinski definition) is 2. The predicted molar refractivity (Wildman–Crippen MR) is 131 cm³/mol. The Morgan fingerprint density at radius 1 is 0.818 bits per heavy atom. The number of amides is 2. The number of nitrogens with zero attached hydrogens (tertiary/aromatic N) is 2. The van der Waals surface area contributed by atoms with E-state index in [4.69, 9.17) is 0 Å². The Balaban J connectivity index is 1.50. The van der Waals surface area contributed by atoms with E-state index in [1.165, 1.54) is 0 Å². The van der Waals surface area contributed by atoms with E-state index in [0.717, 1.165) is 28.1 Å². The third-order valence-corrected chi connectivity index (χ3v) is 6.04. The molecule has 6 heteroatoms. The molecule has 0 bridgehead atoms. The van der Waals surface area contributed by atoms with Crippen LogP contribution in [0.3, 0.4) is 0 Å². The molecule has 0 aliphatic carbocycles. The first-order valence-electron chi connectivity index (χ1n) is 11.6. The summed E-state index contributed by atoms with van der Waals surface area (Å²) in [6, 6.07) is 19.8. The van der Waals surface area contributed by atoms with Crippen molar-refractivity contribution in [3.8, 4) is 0 Å². The summed E-state index contributed by atoms with van der Waals surface area (Å²) in [5.74, 6) is 0.0157. The number of aromatic nitrogens is 2. The van der Waals surface area contributed by atoms with Gasteiger partial charge in [0.2, 0.25) is 11.8 Å². The number of carbonyl (C=O) groups is 2. The maximum absolute atomic E-state index is 12.5. The first-order valence-corrected chi connectivity index (χ1v) is 11.6. The van der Waals surface area contributed by atoms with Crippen molar-refractivity contribution in [1.29, 1.82) is 0 Å². The molecule has 0 aliphatic heterocycles. The Bertz CT molecular complexity index is 1060. The number of benzene rings is 2. The summed E-state index contributed by atoms with van der Waals surface area (Å²) in [6.45, 7) is 8.45. The van der Waals surface area contributed by atoms with Gasteiger partial charge in [-0.2, -0.15) is 5.10 Å². The van der Waals surface area contributed by atoms with Gasteiger partial charge in [0.1, 0.15) is 0 Å². The van der Waals surface area contributed by atoms with E-state index in [-0.39, 0.29) is 23.9 Å². The van der Waals surface area contributed by atoms with Crippen LogP contribution >= 0.6 is 0 Å². The van der Waals surface area contributed by atoms with E-state index >= 15 is 0 Å². The van der Waals surface area contributed by atoms with Gasteiger partial charge >= 0.3 is 0 Å². The highest BCUT2D eigenvalue weighted by Gasteiger charge is 2.16. The molecule has 0 saturated heterocycles. The van der Waals surface area contributed by atoms with Gasteiger partial charge in [-0.25, -0.2) is 0 Å². The summed E-state index contributed by atoms with van der Waals surface area (Å²) in [5, 5.41) is 10.7. The standard InChI is InChI=1S/C27H34N4O2/c1-19(23-11-7-5-8-12-23)28-26(32)16-15-25-21(3)30-31(22(25)4)18-17-27(33)29-20(2)24-13-9-6-10-14-24/h5-14,19-20H,15-18H2,1-4H3,(H,28,32)(H,29,33)/t19-,20-/m0/s1. The van der Waals surface area contributed by atoms with Crippen LogP contribution in [0, 0.1) is 13.8 Å². The highest BCUT2D eigenvalue weighted by molar-refractivity contribution is 5.77. The van der Waals surface area contributed by atoms with Crippen molar-refractivity contribution in [2.75, 3.05) is 0 Å². The predicted octanol–water partition coefficient (Wildman–Crippen LogP) is 4.58. The zero-order chi connectivity index (χ0) is 23.8. The fourth-order valence-electron chi connectivity index (χ4n) is 4.04. The van der Waals surface area contributed by atoms with Gasteiger partial charge in [-0.3, -0.25) is 14.3 Å². The summed E-state index contributed by atoms with van der Waals surface area (Å²) in [4.78, 5) is 24.9. The Kier molecular flexibility index (Phi) is 8.41. The number of nitrogens with one attached hydrogen (secondary N) is 2. The summed E-state index contributed by atoms with van der Waals surface area (Å²) >= 11 is 0. The van der Waals surface area contributed by atoms with E-state index in [1.807, 2.05) is 93.0 Å². The molecule has 0 radical (unpaired) electrons. The lowest BCUT2D eigenvalue weighted by atomic mass is 10.1. The number of carbonyl (C=O) groups excluding carboxylic acids is 2. The van der Waals surface area contributed by atoms with Crippen LogP contribution in [0.25, 0.3) is 0 Å². The molecule has 1 aromatic heterocycles. The SMILES string of the molecule is Cc1nn(CCC(=O)N[C@@H](C)c2ccccc2)c(C)c1CCC(=O)N[C@@H](C)c1ccccc1. The van der Waals surface area contributed by atoms with Crippen molar-refractivity contribution in [3.05, 3.63) is 88.7 Å². The first kappa shape index (κ1) is 24.2. The van der Waals surface area contributed by atoms with Gasteiger partial charge in [-0.05, 0) is 50.8 Å². The second-order valence-corrected chi connectivity index (χ2v) is 8.52. The maximum atomic E-state index is 12.5. The molecule has 0 fully saturated rings. The largest absolute Gasteiger partial charge is 0.350 e. The second kappa shape index (κ2) is 11.5. The average molecular weight is 447 g/mol. The van der Waals surface area contributed by atoms with Crippen molar-refractivity contribution in [2.45, 2.75) is 65.6 Å². The quantitative estimate of drug-likeness (QED) is 0.479. The first-order chi connectivity index (χ1) is 15.8. The minimum Gasteiger partial charge on any atom is -0.350 e. The molecule has 2 aromatic carbocycles. The molecule has 3 aromatic rings. The van der Waals surface area contributed by atoms with Crippen LogP contribution < -0.4 is 10.6 Å². The van der Waals surface area contributed by atoms with Gasteiger partial charge < -0.3 is 10.6 Å². The third kappa shape index (κ3) is 6.78. The van der Waals surface area contributed by atoms with Crippen LogP contribution in [-0.4, -0.2) is 21.6 Å². The van der Waals surface area contributed by atoms with E-state index in [2.05, 4.69) is 15.7 Å². The van der Waals surface area contributed by atoms with E-state index in [0.29, 0.717) is 25.8 Å². The Labute approximate surface area is 196 Å².